The molecule has 3 aromatic rings. The molecular weight excluding hydrogens is 368 g/mol. The predicted molar refractivity (Wildman–Crippen MR) is 102 cm³/mol. The molecule has 0 fully saturated rings. The molecule has 1 aromatic carbocycles. The van der Waals surface area contributed by atoms with E-state index >= 15 is 0 Å². The number of rotatable bonds is 4. The minimum atomic E-state index is -3.59. The first kappa shape index (κ1) is 17.5. The maximum absolute atomic E-state index is 12.9. The minimum Gasteiger partial charge on any atom is -0.355 e. The Labute approximate surface area is 157 Å². The number of aromatic nitrogens is 1. The van der Waals surface area contributed by atoms with E-state index in [0.29, 0.717) is 9.97 Å². The summed E-state index contributed by atoms with van der Waals surface area (Å²) in [6.45, 7) is 3.79. The molecule has 5 nitrogen and oxygen atoms in total. The van der Waals surface area contributed by atoms with Gasteiger partial charge in [0.05, 0.1) is 10.6 Å². The van der Waals surface area contributed by atoms with Crippen molar-refractivity contribution in [3.05, 3.63) is 58.8 Å². The van der Waals surface area contributed by atoms with Crippen LogP contribution in [0.25, 0.3) is 10.6 Å². The first-order chi connectivity index (χ1) is 12.5. The van der Waals surface area contributed by atoms with E-state index in [4.69, 9.17) is 4.52 Å². The van der Waals surface area contributed by atoms with Crippen molar-refractivity contribution in [2.75, 3.05) is 0 Å². The van der Waals surface area contributed by atoms with Crippen LogP contribution in [0.4, 0.5) is 0 Å². The van der Waals surface area contributed by atoms with Crippen LogP contribution in [0.5, 0.6) is 0 Å². The zero-order valence-corrected chi connectivity index (χ0v) is 16.3. The fourth-order valence-electron chi connectivity index (χ4n) is 3.35. The maximum atomic E-state index is 12.9. The van der Waals surface area contributed by atoms with Crippen LogP contribution >= 0.6 is 11.3 Å². The van der Waals surface area contributed by atoms with Crippen molar-refractivity contribution in [1.82, 2.24) is 9.88 Å². The lowest BCUT2D eigenvalue weighted by Crippen LogP contribution is -2.30. The van der Waals surface area contributed by atoms with Crippen LogP contribution in [-0.2, 0) is 16.4 Å². The first-order valence-corrected chi connectivity index (χ1v) is 10.9. The van der Waals surface area contributed by atoms with Crippen molar-refractivity contribution >= 4 is 21.4 Å². The number of nitrogens with one attached hydrogen (secondary N) is 1. The molecule has 0 amide bonds. The Balaban J connectivity index is 1.62. The summed E-state index contributed by atoms with van der Waals surface area (Å²) in [4.78, 5) is 0.771. The Kier molecular flexibility index (Phi) is 4.46. The SMILES string of the molecule is Cc1noc(-c2ccc(S(=O)(=O)N[C@@H]3CCCc4ccccc43)s2)c1C. The average Bonchev–Trinajstić information content (AvgIpc) is 3.23. The van der Waals surface area contributed by atoms with E-state index in [1.165, 1.54) is 16.9 Å². The van der Waals surface area contributed by atoms with E-state index in [1.807, 2.05) is 32.0 Å². The average molecular weight is 389 g/mol. The zero-order chi connectivity index (χ0) is 18.3. The number of benzene rings is 1. The van der Waals surface area contributed by atoms with Gasteiger partial charge in [-0.3, -0.25) is 0 Å². The van der Waals surface area contributed by atoms with Crippen molar-refractivity contribution in [1.29, 1.82) is 0 Å². The van der Waals surface area contributed by atoms with Crippen LogP contribution in [0, 0.1) is 13.8 Å². The van der Waals surface area contributed by atoms with Crippen molar-refractivity contribution in [2.24, 2.45) is 0 Å². The second-order valence-electron chi connectivity index (χ2n) is 6.61. The van der Waals surface area contributed by atoms with Crippen LogP contribution in [0.2, 0.25) is 0 Å². The van der Waals surface area contributed by atoms with E-state index in [1.54, 1.807) is 12.1 Å². The van der Waals surface area contributed by atoms with Crippen LogP contribution in [-0.4, -0.2) is 13.6 Å². The highest BCUT2D eigenvalue weighted by molar-refractivity contribution is 7.91. The fourth-order valence-corrected chi connectivity index (χ4v) is 5.96. The number of nitrogens with zero attached hydrogens (tertiary/aromatic N) is 1. The van der Waals surface area contributed by atoms with Gasteiger partial charge in [0.25, 0.3) is 10.0 Å². The third kappa shape index (κ3) is 3.11. The van der Waals surface area contributed by atoms with Gasteiger partial charge in [0.15, 0.2) is 5.76 Å². The molecule has 0 unspecified atom stereocenters. The Morgan fingerprint density at radius 2 is 2.00 bits per heavy atom. The molecular formula is C19H20N2O3S2. The molecule has 0 saturated heterocycles. The van der Waals surface area contributed by atoms with Crippen LogP contribution in [0.1, 0.15) is 41.3 Å². The maximum Gasteiger partial charge on any atom is 0.250 e. The van der Waals surface area contributed by atoms with Gasteiger partial charge >= 0.3 is 0 Å². The van der Waals surface area contributed by atoms with E-state index in [2.05, 4.69) is 15.9 Å². The lowest BCUT2D eigenvalue weighted by atomic mass is 9.88. The summed E-state index contributed by atoms with van der Waals surface area (Å²) in [7, 11) is -3.59. The van der Waals surface area contributed by atoms with Gasteiger partial charge in [-0.25, -0.2) is 13.1 Å². The predicted octanol–water partition coefficient (Wildman–Crippen LogP) is 4.38. The van der Waals surface area contributed by atoms with Crippen LogP contribution in [0.15, 0.2) is 45.1 Å². The summed E-state index contributed by atoms with van der Waals surface area (Å²) < 4.78 is 34.3. The van der Waals surface area contributed by atoms with Gasteiger partial charge in [-0.2, -0.15) is 0 Å². The summed E-state index contributed by atoms with van der Waals surface area (Å²) in [6.07, 6.45) is 2.80. The van der Waals surface area contributed by atoms with Gasteiger partial charge in [0.1, 0.15) is 4.21 Å². The summed E-state index contributed by atoms with van der Waals surface area (Å²) >= 11 is 1.21. The Hall–Kier alpha value is -1.96. The van der Waals surface area contributed by atoms with Crippen molar-refractivity contribution < 1.29 is 12.9 Å². The topological polar surface area (TPSA) is 72.2 Å². The molecule has 0 spiro atoms. The summed E-state index contributed by atoms with van der Waals surface area (Å²) in [5.74, 6) is 0.636. The van der Waals surface area contributed by atoms with Crippen molar-refractivity contribution in [3.8, 4) is 10.6 Å². The molecule has 26 heavy (non-hydrogen) atoms. The molecule has 2 heterocycles. The third-order valence-electron chi connectivity index (χ3n) is 4.89. The molecule has 1 aliphatic rings. The van der Waals surface area contributed by atoms with Gasteiger partial charge in [-0.05, 0) is 56.4 Å². The summed E-state index contributed by atoms with van der Waals surface area (Å²) in [5.41, 5.74) is 4.06. The van der Waals surface area contributed by atoms with E-state index in [-0.39, 0.29) is 6.04 Å². The standard InChI is InChI=1S/C19H20N2O3S2/c1-12-13(2)20-24-19(12)17-10-11-18(25-17)26(22,23)21-16-9-5-7-14-6-3-4-8-15(14)16/h3-4,6,8,10-11,16,21H,5,7,9H2,1-2H3/t16-/m1/s1. The molecule has 0 bridgehead atoms. The number of hydrogen-bond acceptors (Lipinski definition) is 5. The third-order valence-corrected chi connectivity index (χ3v) is 7.94. The van der Waals surface area contributed by atoms with Gasteiger partial charge in [-0.15, -0.1) is 11.3 Å². The van der Waals surface area contributed by atoms with Gasteiger partial charge in [-0.1, -0.05) is 29.4 Å². The first-order valence-electron chi connectivity index (χ1n) is 8.59. The van der Waals surface area contributed by atoms with E-state index in [9.17, 15) is 8.42 Å². The summed E-state index contributed by atoms with van der Waals surface area (Å²) in [6, 6.07) is 11.3. The van der Waals surface area contributed by atoms with Gasteiger partial charge in [0, 0.05) is 11.6 Å². The summed E-state index contributed by atoms with van der Waals surface area (Å²) in [5, 5.41) is 3.95. The minimum absolute atomic E-state index is 0.176. The number of sulfonamides is 1. The van der Waals surface area contributed by atoms with Gasteiger partial charge < -0.3 is 4.52 Å². The molecule has 1 aliphatic carbocycles. The second-order valence-corrected chi connectivity index (χ2v) is 9.63. The Morgan fingerprint density at radius 1 is 1.19 bits per heavy atom. The van der Waals surface area contributed by atoms with Crippen molar-refractivity contribution in [2.45, 2.75) is 43.4 Å². The lowest BCUT2D eigenvalue weighted by molar-refractivity contribution is 0.427. The highest BCUT2D eigenvalue weighted by Gasteiger charge is 2.27. The van der Waals surface area contributed by atoms with Crippen LogP contribution in [0.3, 0.4) is 0 Å². The molecule has 1 atom stereocenters. The Bertz CT molecular complexity index is 1050. The smallest absolute Gasteiger partial charge is 0.250 e. The van der Waals surface area contributed by atoms with Crippen molar-refractivity contribution in [3.63, 3.8) is 0 Å². The highest BCUT2D eigenvalue weighted by atomic mass is 32.2. The lowest BCUT2D eigenvalue weighted by Gasteiger charge is -2.25. The quantitative estimate of drug-likeness (QED) is 0.720. The number of hydrogen-bond donors (Lipinski definition) is 1. The van der Waals surface area contributed by atoms with Crippen LogP contribution < -0.4 is 4.72 Å². The monoisotopic (exact) mass is 388 g/mol. The number of aryl methyl sites for hydroxylation is 2. The number of thiophene rings is 1. The molecule has 1 N–H and O–H groups in total. The molecule has 2 aromatic heterocycles. The van der Waals surface area contributed by atoms with E-state index < -0.39 is 10.0 Å². The zero-order valence-electron chi connectivity index (χ0n) is 14.7. The molecule has 136 valence electrons. The number of fused-ring (bicyclic) bond motifs is 1. The molecule has 0 saturated carbocycles. The molecule has 7 heteroatoms. The molecule has 0 radical (unpaired) electrons. The Morgan fingerprint density at radius 3 is 2.77 bits per heavy atom. The molecule has 4 rings (SSSR count). The van der Waals surface area contributed by atoms with E-state index in [0.717, 1.165) is 41.0 Å². The van der Waals surface area contributed by atoms with Gasteiger partial charge in [0.2, 0.25) is 0 Å². The highest BCUT2D eigenvalue weighted by Crippen LogP contribution is 2.35. The molecule has 0 aliphatic heterocycles. The second kappa shape index (κ2) is 6.64. The fraction of sp³-hybridized carbons (Fsp3) is 0.316. The largest absolute Gasteiger partial charge is 0.355 e. The normalized spacial score (nSPS) is 17.2.